The summed E-state index contributed by atoms with van der Waals surface area (Å²) >= 11 is 5.26. The molecule has 0 bridgehead atoms. The summed E-state index contributed by atoms with van der Waals surface area (Å²) in [5.74, 6) is 0. The molecule has 2 nitrogen and oxygen atoms in total. The van der Waals surface area contributed by atoms with Gasteiger partial charge in [-0.15, -0.1) is 12.4 Å². The number of hydrogen-bond donors (Lipinski definition) is 1. The molecule has 0 aliphatic carbocycles. The van der Waals surface area contributed by atoms with Crippen LogP contribution < -0.4 is 5.73 Å². The van der Waals surface area contributed by atoms with Gasteiger partial charge in [-0.1, -0.05) is 11.6 Å². The number of aryl methyl sites for hydroxylation is 1. The highest BCUT2D eigenvalue weighted by atomic mass is 35.5. The van der Waals surface area contributed by atoms with Gasteiger partial charge in [0.05, 0.1) is 5.56 Å². The molecule has 66 valence electrons. The number of anilines is 1. The number of rotatable bonds is 1. The van der Waals surface area contributed by atoms with Gasteiger partial charge in [-0.3, -0.25) is 4.79 Å². The SMILES string of the molecule is Cc1ccc(N)c(C(=O)Cl)c1.Cl. The summed E-state index contributed by atoms with van der Waals surface area (Å²) < 4.78 is 0. The van der Waals surface area contributed by atoms with Crippen LogP contribution in [-0.4, -0.2) is 5.24 Å². The van der Waals surface area contributed by atoms with Crippen LogP contribution >= 0.6 is 24.0 Å². The lowest BCUT2D eigenvalue weighted by molar-refractivity contribution is 0.108. The molecule has 0 aromatic heterocycles. The molecular weight excluding hydrogens is 197 g/mol. The molecule has 4 heteroatoms. The van der Waals surface area contributed by atoms with Crippen molar-refractivity contribution in [3.05, 3.63) is 29.3 Å². The molecule has 1 aromatic rings. The van der Waals surface area contributed by atoms with Crippen molar-refractivity contribution in [3.8, 4) is 0 Å². The third-order valence-corrected chi connectivity index (χ3v) is 1.62. The zero-order chi connectivity index (χ0) is 8.43. The summed E-state index contributed by atoms with van der Waals surface area (Å²) in [4.78, 5) is 10.7. The second-order valence-electron chi connectivity index (χ2n) is 2.36. The van der Waals surface area contributed by atoms with Gasteiger partial charge in [0.25, 0.3) is 5.24 Å². The van der Waals surface area contributed by atoms with Crippen LogP contribution in [0.3, 0.4) is 0 Å². The van der Waals surface area contributed by atoms with Crippen LogP contribution in [0.15, 0.2) is 18.2 Å². The fourth-order valence-corrected chi connectivity index (χ4v) is 1.00. The van der Waals surface area contributed by atoms with E-state index in [9.17, 15) is 4.79 Å². The highest BCUT2D eigenvalue weighted by molar-refractivity contribution is 6.68. The zero-order valence-electron chi connectivity index (χ0n) is 6.50. The Morgan fingerprint density at radius 3 is 2.50 bits per heavy atom. The van der Waals surface area contributed by atoms with Crippen LogP contribution in [0.25, 0.3) is 0 Å². The fraction of sp³-hybridized carbons (Fsp3) is 0.125. The zero-order valence-corrected chi connectivity index (χ0v) is 8.08. The molecule has 0 spiro atoms. The summed E-state index contributed by atoms with van der Waals surface area (Å²) in [7, 11) is 0. The van der Waals surface area contributed by atoms with Crippen LogP contribution in [0.4, 0.5) is 5.69 Å². The first-order chi connectivity index (χ1) is 5.11. The van der Waals surface area contributed by atoms with Crippen molar-refractivity contribution in [1.29, 1.82) is 0 Å². The van der Waals surface area contributed by atoms with E-state index in [1.807, 2.05) is 13.0 Å². The topological polar surface area (TPSA) is 43.1 Å². The Morgan fingerprint density at radius 1 is 1.50 bits per heavy atom. The minimum atomic E-state index is -0.508. The highest BCUT2D eigenvalue weighted by Gasteiger charge is 2.05. The van der Waals surface area contributed by atoms with Crippen molar-refractivity contribution in [2.75, 3.05) is 5.73 Å². The van der Waals surface area contributed by atoms with Gasteiger partial charge in [-0.25, -0.2) is 0 Å². The molecule has 0 unspecified atom stereocenters. The van der Waals surface area contributed by atoms with Crippen molar-refractivity contribution >= 4 is 34.9 Å². The Bertz CT molecular complexity index is 299. The van der Waals surface area contributed by atoms with Gasteiger partial charge < -0.3 is 5.73 Å². The molecule has 0 saturated carbocycles. The van der Waals surface area contributed by atoms with Gasteiger partial charge in [0.2, 0.25) is 0 Å². The molecule has 12 heavy (non-hydrogen) atoms. The number of carbonyl (C=O) groups excluding carboxylic acids is 1. The van der Waals surface area contributed by atoms with E-state index in [1.165, 1.54) is 0 Å². The highest BCUT2D eigenvalue weighted by Crippen LogP contribution is 2.15. The number of halogens is 2. The van der Waals surface area contributed by atoms with E-state index >= 15 is 0 Å². The Balaban J connectivity index is 0.00000121. The van der Waals surface area contributed by atoms with E-state index in [2.05, 4.69) is 0 Å². The maximum absolute atomic E-state index is 10.7. The minimum Gasteiger partial charge on any atom is -0.398 e. The summed E-state index contributed by atoms with van der Waals surface area (Å²) in [5, 5.41) is -0.508. The molecule has 0 amide bonds. The third kappa shape index (κ3) is 2.40. The largest absolute Gasteiger partial charge is 0.398 e. The maximum atomic E-state index is 10.7. The minimum absolute atomic E-state index is 0. The average Bonchev–Trinajstić information content (AvgIpc) is 1.94. The second-order valence-corrected chi connectivity index (χ2v) is 2.71. The lowest BCUT2D eigenvalue weighted by Gasteiger charge is -2.00. The molecule has 0 fully saturated rings. The molecule has 0 aliphatic heterocycles. The van der Waals surface area contributed by atoms with Crippen LogP contribution in [0, 0.1) is 6.92 Å². The average molecular weight is 206 g/mol. The summed E-state index contributed by atoms with van der Waals surface area (Å²) in [6.07, 6.45) is 0. The smallest absolute Gasteiger partial charge is 0.254 e. The lowest BCUT2D eigenvalue weighted by Crippen LogP contribution is -1.97. The van der Waals surface area contributed by atoms with Crippen LogP contribution in [0.2, 0.25) is 0 Å². The van der Waals surface area contributed by atoms with Crippen molar-refractivity contribution in [2.45, 2.75) is 6.92 Å². The first-order valence-corrected chi connectivity index (χ1v) is 3.55. The van der Waals surface area contributed by atoms with Crippen LogP contribution in [0.1, 0.15) is 15.9 Å². The lowest BCUT2D eigenvalue weighted by atomic mass is 10.1. The first kappa shape index (κ1) is 11.3. The van der Waals surface area contributed by atoms with Crippen molar-refractivity contribution in [3.63, 3.8) is 0 Å². The number of benzene rings is 1. The van der Waals surface area contributed by atoms with Gasteiger partial charge in [-0.05, 0) is 30.7 Å². The molecule has 0 radical (unpaired) electrons. The van der Waals surface area contributed by atoms with Gasteiger partial charge in [0.15, 0.2) is 0 Å². The predicted octanol–water partition coefficient (Wildman–Crippen LogP) is 2.38. The quantitative estimate of drug-likeness (QED) is 0.566. The number of nitrogens with two attached hydrogens (primary N) is 1. The first-order valence-electron chi connectivity index (χ1n) is 3.17. The summed E-state index contributed by atoms with van der Waals surface area (Å²) in [6, 6.07) is 5.17. The van der Waals surface area contributed by atoms with E-state index in [0.717, 1.165) is 5.56 Å². The van der Waals surface area contributed by atoms with Crippen molar-refractivity contribution in [2.24, 2.45) is 0 Å². The Hall–Kier alpha value is -0.730. The van der Waals surface area contributed by atoms with E-state index in [-0.39, 0.29) is 12.4 Å². The molecule has 0 atom stereocenters. The van der Waals surface area contributed by atoms with Gasteiger partial charge in [0.1, 0.15) is 0 Å². The molecule has 2 N–H and O–H groups in total. The van der Waals surface area contributed by atoms with Gasteiger partial charge in [0, 0.05) is 5.69 Å². The molecule has 0 aliphatic rings. The third-order valence-electron chi connectivity index (χ3n) is 1.42. The monoisotopic (exact) mass is 205 g/mol. The maximum Gasteiger partial charge on any atom is 0.254 e. The molecule has 1 aromatic carbocycles. The molecule has 1 rings (SSSR count). The predicted molar refractivity (Wildman–Crippen MR) is 53.0 cm³/mol. The van der Waals surface area contributed by atoms with E-state index in [4.69, 9.17) is 17.3 Å². The standard InChI is InChI=1S/C8H8ClNO.ClH/c1-5-2-3-7(10)6(4-5)8(9)11;/h2-4H,10H2,1H3;1H. The number of carbonyl (C=O) groups is 1. The van der Waals surface area contributed by atoms with Crippen molar-refractivity contribution < 1.29 is 4.79 Å². The van der Waals surface area contributed by atoms with E-state index < -0.39 is 5.24 Å². The second kappa shape index (κ2) is 4.33. The molecule has 0 heterocycles. The molecule has 0 saturated heterocycles. The van der Waals surface area contributed by atoms with E-state index in [1.54, 1.807) is 12.1 Å². The number of hydrogen-bond acceptors (Lipinski definition) is 2. The van der Waals surface area contributed by atoms with Crippen LogP contribution in [0.5, 0.6) is 0 Å². The Kier molecular flexibility index (Phi) is 4.07. The molecular formula is C8H9Cl2NO. The van der Waals surface area contributed by atoms with Gasteiger partial charge >= 0.3 is 0 Å². The van der Waals surface area contributed by atoms with Gasteiger partial charge in [-0.2, -0.15) is 0 Å². The summed E-state index contributed by atoms with van der Waals surface area (Å²) in [5.41, 5.74) is 7.27. The Morgan fingerprint density at radius 2 is 2.08 bits per heavy atom. The Labute approximate surface area is 82.1 Å². The normalized spacial score (nSPS) is 8.83. The fourth-order valence-electron chi connectivity index (χ4n) is 0.840. The van der Waals surface area contributed by atoms with E-state index in [0.29, 0.717) is 11.3 Å². The van der Waals surface area contributed by atoms with Crippen molar-refractivity contribution in [1.82, 2.24) is 0 Å². The summed E-state index contributed by atoms with van der Waals surface area (Å²) in [6.45, 7) is 1.88. The number of nitrogen functional groups attached to an aromatic ring is 1. The van der Waals surface area contributed by atoms with Crippen LogP contribution in [-0.2, 0) is 0 Å².